The number of nitrogens with zero attached hydrogens (tertiary/aromatic N) is 1. The monoisotopic (exact) mass is 182 g/mol. The number of hydrogen-bond acceptors (Lipinski definition) is 3. The molecule has 1 amide bonds. The van der Waals surface area contributed by atoms with Crippen LogP contribution in [0.5, 0.6) is 0 Å². The van der Waals surface area contributed by atoms with Crippen LogP contribution >= 0.6 is 0 Å². The summed E-state index contributed by atoms with van der Waals surface area (Å²) in [4.78, 5) is 10.9. The predicted molar refractivity (Wildman–Crippen MR) is 48.7 cm³/mol. The lowest BCUT2D eigenvalue weighted by Crippen LogP contribution is -2.30. The van der Waals surface area contributed by atoms with E-state index in [0.29, 0.717) is 12.8 Å². The standard InChI is InChI=1S/C8H14N4O/c1-5-7(6(2)12-11-5)3-4-8(13)10-9/h3-4,9H2,1-2H3,(H,10,13)(H,11,12). The largest absolute Gasteiger partial charge is 0.294 e. The second-order valence-corrected chi connectivity index (χ2v) is 2.98. The second kappa shape index (κ2) is 4.04. The van der Waals surface area contributed by atoms with Crippen LogP contribution in [0.3, 0.4) is 0 Å². The van der Waals surface area contributed by atoms with Crippen molar-refractivity contribution in [2.45, 2.75) is 26.7 Å². The van der Waals surface area contributed by atoms with Crippen molar-refractivity contribution in [3.63, 3.8) is 0 Å². The van der Waals surface area contributed by atoms with Gasteiger partial charge in [-0.1, -0.05) is 0 Å². The number of H-pyrrole nitrogens is 1. The number of nitrogens with one attached hydrogen (secondary N) is 2. The van der Waals surface area contributed by atoms with Crippen molar-refractivity contribution in [3.05, 3.63) is 17.0 Å². The van der Waals surface area contributed by atoms with Crippen LogP contribution in [-0.4, -0.2) is 16.1 Å². The Kier molecular flexibility index (Phi) is 3.02. The van der Waals surface area contributed by atoms with Crippen molar-refractivity contribution in [2.75, 3.05) is 0 Å². The zero-order valence-electron chi connectivity index (χ0n) is 7.85. The molecule has 0 atom stereocenters. The number of hydrazine groups is 1. The summed E-state index contributed by atoms with van der Waals surface area (Å²) in [6, 6.07) is 0. The van der Waals surface area contributed by atoms with Gasteiger partial charge in [-0.05, 0) is 25.8 Å². The Morgan fingerprint density at radius 2 is 2.31 bits per heavy atom. The molecular formula is C8H14N4O. The van der Waals surface area contributed by atoms with E-state index in [1.807, 2.05) is 13.8 Å². The van der Waals surface area contributed by atoms with Crippen LogP contribution in [0, 0.1) is 13.8 Å². The van der Waals surface area contributed by atoms with Gasteiger partial charge in [-0.2, -0.15) is 5.10 Å². The molecular weight excluding hydrogens is 168 g/mol. The predicted octanol–water partition coefficient (Wildman–Crippen LogP) is -0.0510. The van der Waals surface area contributed by atoms with Gasteiger partial charge in [0, 0.05) is 12.1 Å². The van der Waals surface area contributed by atoms with Gasteiger partial charge in [-0.25, -0.2) is 5.84 Å². The van der Waals surface area contributed by atoms with Gasteiger partial charge < -0.3 is 0 Å². The summed E-state index contributed by atoms with van der Waals surface area (Å²) in [7, 11) is 0. The van der Waals surface area contributed by atoms with Gasteiger partial charge in [0.05, 0.1) is 5.69 Å². The molecule has 5 nitrogen and oxygen atoms in total. The average Bonchev–Trinajstić information content (AvgIpc) is 2.43. The van der Waals surface area contributed by atoms with E-state index in [1.165, 1.54) is 0 Å². The molecule has 0 saturated heterocycles. The molecule has 4 N–H and O–H groups in total. The maximum absolute atomic E-state index is 10.9. The summed E-state index contributed by atoms with van der Waals surface area (Å²) in [5, 5.41) is 6.90. The minimum Gasteiger partial charge on any atom is -0.294 e. The van der Waals surface area contributed by atoms with E-state index in [1.54, 1.807) is 0 Å². The first-order valence-electron chi connectivity index (χ1n) is 4.15. The van der Waals surface area contributed by atoms with Gasteiger partial charge in [0.1, 0.15) is 0 Å². The first-order chi connectivity index (χ1) is 6.15. The van der Waals surface area contributed by atoms with Gasteiger partial charge in [-0.15, -0.1) is 0 Å². The number of aromatic nitrogens is 2. The number of rotatable bonds is 3. The molecule has 1 aromatic heterocycles. The van der Waals surface area contributed by atoms with Crippen LogP contribution in [0.25, 0.3) is 0 Å². The highest BCUT2D eigenvalue weighted by atomic mass is 16.2. The Morgan fingerprint density at radius 1 is 1.62 bits per heavy atom. The minimum atomic E-state index is -0.153. The van der Waals surface area contributed by atoms with Crippen molar-refractivity contribution in [1.29, 1.82) is 0 Å². The second-order valence-electron chi connectivity index (χ2n) is 2.98. The lowest BCUT2D eigenvalue weighted by molar-refractivity contribution is -0.121. The average molecular weight is 182 g/mol. The van der Waals surface area contributed by atoms with Gasteiger partial charge in [0.25, 0.3) is 0 Å². The lowest BCUT2D eigenvalue weighted by atomic mass is 10.1. The first kappa shape index (κ1) is 9.73. The molecule has 0 saturated carbocycles. The molecule has 1 heterocycles. The molecule has 0 aliphatic heterocycles. The van der Waals surface area contributed by atoms with Gasteiger partial charge in [0.2, 0.25) is 5.91 Å². The van der Waals surface area contributed by atoms with Crippen molar-refractivity contribution in [1.82, 2.24) is 15.6 Å². The van der Waals surface area contributed by atoms with Crippen LogP contribution < -0.4 is 11.3 Å². The molecule has 0 radical (unpaired) electrons. The van der Waals surface area contributed by atoms with E-state index >= 15 is 0 Å². The van der Waals surface area contributed by atoms with Crippen LogP contribution in [0.1, 0.15) is 23.4 Å². The normalized spacial score (nSPS) is 10.1. The Morgan fingerprint density at radius 3 is 2.77 bits per heavy atom. The number of aryl methyl sites for hydroxylation is 2. The van der Waals surface area contributed by atoms with Gasteiger partial charge in [0.15, 0.2) is 0 Å². The molecule has 0 fully saturated rings. The molecule has 1 aromatic rings. The highest BCUT2D eigenvalue weighted by Crippen LogP contribution is 2.11. The van der Waals surface area contributed by atoms with Crippen LogP contribution in [-0.2, 0) is 11.2 Å². The quantitative estimate of drug-likeness (QED) is 0.348. The van der Waals surface area contributed by atoms with E-state index in [0.717, 1.165) is 17.0 Å². The topological polar surface area (TPSA) is 83.8 Å². The summed E-state index contributed by atoms with van der Waals surface area (Å²) >= 11 is 0. The van der Waals surface area contributed by atoms with E-state index in [4.69, 9.17) is 5.84 Å². The Labute approximate surface area is 76.7 Å². The number of aromatic amines is 1. The lowest BCUT2D eigenvalue weighted by Gasteiger charge is -1.99. The maximum Gasteiger partial charge on any atom is 0.234 e. The number of amides is 1. The van der Waals surface area contributed by atoms with Crippen LogP contribution in [0.4, 0.5) is 0 Å². The molecule has 72 valence electrons. The zero-order valence-corrected chi connectivity index (χ0v) is 7.85. The summed E-state index contributed by atoms with van der Waals surface area (Å²) in [6.45, 7) is 3.86. The number of nitrogens with two attached hydrogens (primary N) is 1. The van der Waals surface area contributed by atoms with Crippen molar-refractivity contribution in [3.8, 4) is 0 Å². The number of carbonyl (C=O) groups excluding carboxylic acids is 1. The zero-order chi connectivity index (χ0) is 9.84. The van der Waals surface area contributed by atoms with E-state index in [2.05, 4.69) is 15.6 Å². The van der Waals surface area contributed by atoms with E-state index in [9.17, 15) is 4.79 Å². The Bertz CT molecular complexity index is 286. The number of hydrogen-bond donors (Lipinski definition) is 3. The molecule has 5 heteroatoms. The molecule has 0 aliphatic carbocycles. The third kappa shape index (κ3) is 2.29. The highest BCUT2D eigenvalue weighted by Gasteiger charge is 2.07. The van der Waals surface area contributed by atoms with Crippen molar-refractivity contribution in [2.24, 2.45) is 5.84 Å². The van der Waals surface area contributed by atoms with Crippen LogP contribution in [0.15, 0.2) is 0 Å². The molecule has 0 aromatic carbocycles. The molecule has 0 bridgehead atoms. The SMILES string of the molecule is Cc1n[nH]c(C)c1CCC(=O)NN. The fraction of sp³-hybridized carbons (Fsp3) is 0.500. The molecule has 13 heavy (non-hydrogen) atoms. The van der Waals surface area contributed by atoms with Crippen LogP contribution in [0.2, 0.25) is 0 Å². The summed E-state index contributed by atoms with van der Waals surface area (Å²) in [5.41, 5.74) is 5.16. The summed E-state index contributed by atoms with van der Waals surface area (Å²) in [6.07, 6.45) is 1.08. The third-order valence-corrected chi connectivity index (χ3v) is 2.04. The highest BCUT2D eigenvalue weighted by molar-refractivity contribution is 5.75. The molecule has 0 spiro atoms. The fourth-order valence-electron chi connectivity index (χ4n) is 1.25. The minimum absolute atomic E-state index is 0.153. The van der Waals surface area contributed by atoms with Crippen molar-refractivity contribution >= 4 is 5.91 Å². The van der Waals surface area contributed by atoms with E-state index in [-0.39, 0.29) is 5.91 Å². The van der Waals surface area contributed by atoms with Crippen molar-refractivity contribution < 1.29 is 4.79 Å². The Hall–Kier alpha value is -1.36. The molecule has 1 rings (SSSR count). The maximum atomic E-state index is 10.9. The van der Waals surface area contributed by atoms with E-state index < -0.39 is 0 Å². The smallest absolute Gasteiger partial charge is 0.234 e. The third-order valence-electron chi connectivity index (χ3n) is 2.04. The number of carbonyl (C=O) groups is 1. The summed E-state index contributed by atoms with van der Waals surface area (Å²) in [5.74, 6) is 4.81. The van der Waals surface area contributed by atoms with Gasteiger partial charge >= 0.3 is 0 Å². The molecule has 0 aliphatic rings. The van der Waals surface area contributed by atoms with Gasteiger partial charge in [-0.3, -0.25) is 15.3 Å². The first-order valence-corrected chi connectivity index (χ1v) is 4.15. The molecule has 0 unspecified atom stereocenters. The Balaban J connectivity index is 2.58. The summed E-state index contributed by atoms with van der Waals surface area (Å²) < 4.78 is 0. The fourth-order valence-corrected chi connectivity index (χ4v) is 1.25.